The molecule has 0 saturated heterocycles. The van der Waals surface area contributed by atoms with Crippen LogP contribution in [0.1, 0.15) is 38.9 Å². The second kappa shape index (κ2) is 19.1. The van der Waals surface area contributed by atoms with Crippen LogP contribution in [0.5, 0.6) is 0 Å². The van der Waals surface area contributed by atoms with Crippen molar-refractivity contribution in [2.45, 2.75) is 40.8 Å². The second-order valence-corrected chi connectivity index (χ2v) is 21.2. The molecule has 13 aromatic rings. The number of halogens is 3. The Morgan fingerprint density at radius 1 is 0.304 bits per heavy atom. The molecule has 6 heteroatoms. The molecule has 380 valence electrons. The SMILES string of the molecule is Cc1ccc(-c2ccc3c(c2)c2cc(-c4ccc(C)cc4)ccc2n3-c2ccc(C#N)cc2-c2cc(-c3ccc(C)cc3C(F)(F)F)ccc2-n2c3ccc(-c4ccc(C)cc4)cc3c3cc(-c4ccc(C)cc4)ccc32)cc1. The smallest absolute Gasteiger partial charge is 0.309 e. The van der Waals surface area contributed by atoms with Crippen LogP contribution in [0.25, 0.3) is 122 Å². The first-order valence-electron chi connectivity index (χ1n) is 26.6. The molecular formula is C73H52F3N3. The molecule has 0 aliphatic carbocycles. The molecule has 0 spiro atoms. The molecule has 0 bridgehead atoms. The summed E-state index contributed by atoms with van der Waals surface area (Å²) in [5.74, 6) is 0. The average Bonchev–Trinajstić information content (AvgIpc) is 4.21. The summed E-state index contributed by atoms with van der Waals surface area (Å²) in [6, 6.07) is 78.9. The molecule has 0 unspecified atom stereocenters. The molecule has 3 nitrogen and oxygen atoms in total. The minimum absolute atomic E-state index is 0.0701. The predicted molar refractivity (Wildman–Crippen MR) is 321 cm³/mol. The van der Waals surface area contributed by atoms with Crippen LogP contribution >= 0.6 is 0 Å². The lowest BCUT2D eigenvalue weighted by Gasteiger charge is -2.21. The summed E-state index contributed by atoms with van der Waals surface area (Å²) < 4.78 is 50.3. The highest BCUT2D eigenvalue weighted by Gasteiger charge is 2.34. The summed E-state index contributed by atoms with van der Waals surface area (Å²) in [4.78, 5) is 0. The Hall–Kier alpha value is -9.70. The van der Waals surface area contributed by atoms with Crippen LogP contribution in [0.15, 0.2) is 224 Å². The van der Waals surface area contributed by atoms with Crippen molar-refractivity contribution in [3.63, 3.8) is 0 Å². The Labute approximate surface area is 457 Å². The van der Waals surface area contributed by atoms with Gasteiger partial charge in [-0.3, -0.25) is 0 Å². The van der Waals surface area contributed by atoms with E-state index in [1.165, 1.54) is 28.3 Å². The summed E-state index contributed by atoms with van der Waals surface area (Å²) in [7, 11) is 0. The van der Waals surface area contributed by atoms with Crippen molar-refractivity contribution in [3.05, 3.63) is 263 Å². The van der Waals surface area contributed by atoms with Crippen molar-refractivity contribution in [1.82, 2.24) is 9.13 Å². The Bertz CT molecular complexity index is 4400. The van der Waals surface area contributed by atoms with E-state index in [4.69, 9.17) is 0 Å². The number of fused-ring (bicyclic) bond motifs is 6. The predicted octanol–water partition coefficient (Wildman–Crippen LogP) is 20.3. The van der Waals surface area contributed by atoms with E-state index in [9.17, 15) is 5.26 Å². The third kappa shape index (κ3) is 8.74. The van der Waals surface area contributed by atoms with Gasteiger partial charge in [0.2, 0.25) is 0 Å². The monoisotopic (exact) mass is 1030 g/mol. The third-order valence-corrected chi connectivity index (χ3v) is 15.8. The quantitative estimate of drug-likeness (QED) is 0.149. The Morgan fingerprint density at radius 2 is 0.620 bits per heavy atom. The van der Waals surface area contributed by atoms with Crippen molar-refractivity contribution in [1.29, 1.82) is 5.26 Å². The van der Waals surface area contributed by atoms with Crippen molar-refractivity contribution in [2.24, 2.45) is 0 Å². The first-order valence-corrected chi connectivity index (χ1v) is 26.6. The van der Waals surface area contributed by atoms with Crippen molar-refractivity contribution in [3.8, 4) is 84.2 Å². The van der Waals surface area contributed by atoms with Gasteiger partial charge >= 0.3 is 6.18 Å². The van der Waals surface area contributed by atoms with Gasteiger partial charge in [-0.15, -0.1) is 0 Å². The zero-order valence-electron chi connectivity index (χ0n) is 44.3. The molecule has 11 aromatic carbocycles. The lowest BCUT2D eigenvalue weighted by atomic mass is 9.92. The van der Waals surface area contributed by atoms with Gasteiger partial charge in [-0.05, 0) is 175 Å². The molecule has 0 saturated carbocycles. The van der Waals surface area contributed by atoms with Gasteiger partial charge in [0.05, 0.1) is 50.6 Å². The van der Waals surface area contributed by atoms with Gasteiger partial charge < -0.3 is 9.13 Å². The fraction of sp³-hybridized carbons (Fsp3) is 0.0822. The fourth-order valence-electron chi connectivity index (χ4n) is 11.5. The van der Waals surface area contributed by atoms with Crippen LogP contribution in [0, 0.1) is 45.9 Å². The highest BCUT2D eigenvalue weighted by molar-refractivity contribution is 6.14. The van der Waals surface area contributed by atoms with E-state index < -0.39 is 11.7 Å². The average molecular weight is 1030 g/mol. The maximum absolute atomic E-state index is 15.2. The van der Waals surface area contributed by atoms with E-state index in [2.05, 4.69) is 213 Å². The van der Waals surface area contributed by atoms with Gasteiger partial charge in [0.25, 0.3) is 0 Å². The maximum Gasteiger partial charge on any atom is 0.417 e. The number of nitriles is 1. The van der Waals surface area contributed by atoms with Crippen LogP contribution in [0.4, 0.5) is 13.2 Å². The summed E-state index contributed by atoms with van der Waals surface area (Å²) >= 11 is 0. The standard InChI is InChI=1S/C73H52F3N3/c1-44-6-16-50(17-7-44)54-24-31-68-61(38-54)62-39-55(51-18-8-45(2)9-19-51)25-32-69(62)78(68)67-30-15-49(43-77)37-60(67)65-42-58(59-29-14-48(5)36-66(59)73(74,75)76)28-35-72(65)79-70-33-26-56(52-20-10-46(3)11-21-52)40-63(70)64-41-57(27-34-71(64)79)53-22-12-47(4)13-23-53/h6-42H,1-5H3. The number of hydrogen-bond donors (Lipinski definition) is 0. The van der Waals surface area contributed by atoms with Gasteiger partial charge in [-0.2, -0.15) is 18.4 Å². The summed E-state index contributed by atoms with van der Waals surface area (Å²) in [5.41, 5.74) is 20.6. The molecular weight excluding hydrogens is 976 g/mol. The Morgan fingerprint density at radius 3 is 0.975 bits per heavy atom. The largest absolute Gasteiger partial charge is 0.417 e. The molecule has 0 aliphatic rings. The van der Waals surface area contributed by atoms with E-state index in [1.54, 1.807) is 19.1 Å². The van der Waals surface area contributed by atoms with Gasteiger partial charge in [0.15, 0.2) is 0 Å². The number of rotatable bonds is 8. The summed E-state index contributed by atoms with van der Waals surface area (Å²) in [6.07, 6.45) is -4.62. The summed E-state index contributed by atoms with van der Waals surface area (Å²) in [5, 5.41) is 14.9. The molecule has 0 fully saturated rings. The third-order valence-electron chi connectivity index (χ3n) is 15.8. The number of nitrogens with zero attached hydrogens (tertiary/aromatic N) is 3. The van der Waals surface area contributed by atoms with E-state index in [-0.39, 0.29) is 5.56 Å². The number of aryl methyl sites for hydroxylation is 5. The van der Waals surface area contributed by atoms with E-state index in [0.717, 1.165) is 99.5 Å². The maximum atomic E-state index is 15.2. The molecule has 13 rings (SSSR count). The van der Waals surface area contributed by atoms with Crippen LogP contribution in [0.3, 0.4) is 0 Å². The first-order chi connectivity index (χ1) is 38.3. The molecule has 0 N–H and O–H groups in total. The van der Waals surface area contributed by atoms with Gasteiger partial charge in [-0.25, -0.2) is 0 Å². The van der Waals surface area contributed by atoms with Gasteiger partial charge in [-0.1, -0.05) is 167 Å². The van der Waals surface area contributed by atoms with Crippen molar-refractivity contribution in [2.75, 3.05) is 0 Å². The van der Waals surface area contributed by atoms with E-state index in [1.807, 2.05) is 36.4 Å². The molecule has 79 heavy (non-hydrogen) atoms. The second-order valence-electron chi connectivity index (χ2n) is 21.2. The normalized spacial score (nSPS) is 11.8. The van der Waals surface area contributed by atoms with Crippen LogP contribution < -0.4 is 0 Å². The zero-order valence-corrected chi connectivity index (χ0v) is 44.3. The van der Waals surface area contributed by atoms with Crippen molar-refractivity contribution >= 4 is 43.6 Å². The molecule has 2 aromatic heterocycles. The zero-order chi connectivity index (χ0) is 54.3. The van der Waals surface area contributed by atoms with E-state index in [0.29, 0.717) is 27.8 Å². The van der Waals surface area contributed by atoms with Crippen LogP contribution in [-0.2, 0) is 6.18 Å². The molecule has 0 radical (unpaired) electrons. The lowest BCUT2D eigenvalue weighted by molar-refractivity contribution is -0.137. The number of hydrogen-bond acceptors (Lipinski definition) is 1. The van der Waals surface area contributed by atoms with Crippen LogP contribution in [-0.4, -0.2) is 9.13 Å². The fourth-order valence-corrected chi connectivity index (χ4v) is 11.5. The first kappa shape index (κ1) is 48.9. The highest BCUT2D eigenvalue weighted by atomic mass is 19.4. The van der Waals surface area contributed by atoms with Crippen molar-refractivity contribution < 1.29 is 13.2 Å². The van der Waals surface area contributed by atoms with Crippen LogP contribution in [0.2, 0.25) is 0 Å². The minimum Gasteiger partial charge on any atom is -0.309 e. The molecule has 0 atom stereocenters. The summed E-state index contributed by atoms with van der Waals surface area (Å²) in [6.45, 7) is 10.0. The lowest BCUT2D eigenvalue weighted by Crippen LogP contribution is -2.08. The minimum atomic E-state index is -4.62. The van der Waals surface area contributed by atoms with Gasteiger partial charge in [0, 0.05) is 32.7 Å². The van der Waals surface area contributed by atoms with E-state index >= 15 is 13.2 Å². The molecule has 2 heterocycles. The molecule has 0 amide bonds. The molecule has 0 aliphatic heterocycles. The number of benzene rings is 11. The Balaban J connectivity index is 1.12. The Kier molecular flexibility index (Phi) is 11.8. The number of alkyl halides is 3. The van der Waals surface area contributed by atoms with Gasteiger partial charge in [0.1, 0.15) is 0 Å². The topological polar surface area (TPSA) is 33.6 Å². The highest BCUT2D eigenvalue weighted by Crippen LogP contribution is 2.46. The number of aromatic nitrogens is 2.